The van der Waals surface area contributed by atoms with E-state index in [2.05, 4.69) is 46.1 Å². The average molecular weight is 313 g/mol. The highest BCUT2D eigenvalue weighted by atomic mass is 79.9. The first kappa shape index (κ1) is 11.9. The van der Waals surface area contributed by atoms with Crippen molar-refractivity contribution in [1.82, 2.24) is 0 Å². The fraction of sp³-hybridized carbons (Fsp3) is 0.538. The van der Waals surface area contributed by atoms with E-state index in [0.717, 1.165) is 4.47 Å². The number of halogens is 1. The second kappa shape index (κ2) is 4.48. The molecule has 0 aliphatic carbocycles. The van der Waals surface area contributed by atoms with Crippen molar-refractivity contribution in [3.05, 3.63) is 28.2 Å². The zero-order valence-corrected chi connectivity index (χ0v) is 12.3. The zero-order chi connectivity index (χ0) is 12.0. The van der Waals surface area contributed by atoms with Crippen LogP contribution in [0.5, 0.6) is 0 Å². The number of nitrogens with zero attached hydrogens (tertiary/aromatic N) is 1. The van der Waals surface area contributed by atoms with Crippen molar-refractivity contribution in [2.45, 2.75) is 18.5 Å². The van der Waals surface area contributed by atoms with Gasteiger partial charge in [-0.2, -0.15) is 11.8 Å². The smallest absolute Gasteiger partial charge is 0.0426 e. The molecule has 4 heteroatoms. The molecule has 0 aromatic heterocycles. The number of anilines is 1. The standard InChI is InChI=1S/C13H17BrN2S/c1-16-11-4-5-17-7-10(11)13(15)9-3-2-8(14)6-12(9)16/h2-3,6,10-11,13H,4-5,7,15H2,1H3. The molecule has 2 heterocycles. The molecular formula is C13H17BrN2S. The first-order valence-corrected chi connectivity index (χ1v) is 7.99. The van der Waals surface area contributed by atoms with E-state index in [1.807, 2.05) is 11.8 Å². The normalized spacial score (nSPS) is 31.9. The Bertz CT molecular complexity index is 437. The van der Waals surface area contributed by atoms with Gasteiger partial charge in [-0.1, -0.05) is 22.0 Å². The molecule has 1 saturated heterocycles. The lowest BCUT2D eigenvalue weighted by atomic mass is 9.81. The molecule has 2 aliphatic heterocycles. The largest absolute Gasteiger partial charge is 0.371 e. The van der Waals surface area contributed by atoms with Gasteiger partial charge in [0.25, 0.3) is 0 Å². The third kappa shape index (κ3) is 1.90. The van der Waals surface area contributed by atoms with E-state index in [0.29, 0.717) is 12.0 Å². The minimum absolute atomic E-state index is 0.201. The van der Waals surface area contributed by atoms with Crippen LogP contribution in [-0.2, 0) is 0 Å². The predicted octanol–water partition coefficient (Wildman–Crippen LogP) is 3.02. The molecule has 92 valence electrons. The summed E-state index contributed by atoms with van der Waals surface area (Å²) in [6.45, 7) is 0. The van der Waals surface area contributed by atoms with Crippen LogP contribution in [0.3, 0.4) is 0 Å². The van der Waals surface area contributed by atoms with Crippen molar-refractivity contribution in [3.63, 3.8) is 0 Å². The van der Waals surface area contributed by atoms with E-state index < -0.39 is 0 Å². The summed E-state index contributed by atoms with van der Waals surface area (Å²) in [5.41, 5.74) is 9.07. The number of fused-ring (bicyclic) bond motifs is 2. The fourth-order valence-electron chi connectivity index (χ4n) is 3.09. The average Bonchev–Trinajstić information content (AvgIpc) is 2.36. The van der Waals surface area contributed by atoms with Gasteiger partial charge in [-0.05, 0) is 35.6 Å². The van der Waals surface area contributed by atoms with Crippen LogP contribution in [0.1, 0.15) is 18.0 Å². The number of nitrogens with two attached hydrogens (primary N) is 1. The molecule has 17 heavy (non-hydrogen) atoms. The van der Waals surface area contributed by atoms with Crippen LogP contribution < -0.4 is 10.6 Å². The summed E-state index contributed by atoms with van der Waals surface area (Å²) in [6.07, 6.45) is 1.26. The van der Waals surface area contributed by atoms with Crippen LogP contribution in [0.4, 0.5) is 5.69 Å². The van der Waals surface area contributed by atoms with E-state index in [1.165, 1.54) is 29.2 Å². The first-order valence-electron chi connectivity index (χ1n) is 6.04. The lowest BCUT2D eigenvalue weighted by Crippen LogP contribution is -2.50. The third-order valence-electron chi connectivity index (χ3n) is 4.05. The molecule has 2 nitrogen and oxygen atoms in total. The van der Waals surface area contributed by atoms with Crippen LogP contribution in [-0.4, -0.2) is 24.6 Å². The molecule has 1 aromatic carbocycles. The SMILES string of the molecule is CN1c2cc(Br)ccc2C(N)C2CSCCC21. The molecule has 1 aromatic rings. The van der Waals surface area contributed by atoms with Gasteiger partial charge in [0.15, 0.2) is 0 Å². The van der Waals surface area contributed by atoms with E-state index in [1.54, 1.807) is 0 Å². The maximum absolute atomic E-state index is 6.46. The summed E-state index contributed by atoms with van der Waals surface area (Å²) in [6, 6.07) is 7.30. The number of rotatable bonds is 0. The third-order valence-corrected chi connectivity index (χ3v) is 5.69. The lowest BCUT2D eigenvalue weighted by Gasteiger charge is -2.47. The van der Waals surface area contributed by atoms with Gasteiger partial charge in [0.1, 0.15) is 0 Å². The highest BCUT2D eigenvalue weighted by molar-refractivity contribution is 9.10. The second-order valence-electron chi connectivity index (χ2n) is 4.93. The predicted molar refractivity (Wildman–Crippen MR) is 78.7 cm³/mol. The monoisotopic (exact) mass is 312 g/mol. The minimum Gasteiger partial charge on any atom is -0.371 e. The van der Waals surface area contributed by atoms with E-state index >= 15 is 0 Å². The van der Waals surface area contributed by atoms with E-state index in [9.17, 15) is 0 Å². The molecule has 0 spiro atoms. The van der Waals surface area contributed by atoms with Crippen molar-refractivity contribution >= 4 is 33.4 Å². The summed E-state index contributed by atoms with van der Waals surface area (Å²) in [5.74, 6) is 3.07. The summed E-state index contributed by atoms with van der Waals surface area (Å²) < 4.78 is 1.14. The molecule has 2 aliphatic rings. The molecule has 0 saturated carbocycles. The fourth-order valence-corrected chi connectivity index (χ4v) is 4.71. The van der Waals surface area contributed by atoms with Crippen LogP contribution >= 0.6 is 27.7 Å². The van der Waals surface area contributed by atoms with Gasteiger partial charge in [-0.3, -0.25) is 0 Å². The molecule has 2 N–H and O–H groups in total. The Morgan fingerprint density at radius 1 is 1.47 bits per heavy atom. The Labute approximate surface area is 115 Å². The highest BCUT2D eigenvalue weighted by Gasteiger charge is 2.39. The highest BCUT2D eigenvalue weighted by Crippen LogP contribution is 2.44. The molecule has 3 unspecified atom stereocenters. The van der Waals surface area contributed by atoms with Crippen LogP contribution in [0, 0.1) is 5.92 Å². The molecule has 1 fully saturated rings. The van der Waals surface area contributed by atoms with E-state index in [4.69, 9.17) is 5.73 Å². The minimum atomic E-state index is 0.201. The lowest BCUT2D eigenvalue weighted by molar-refractivity contribution is 0.347. The van der Waals surface area contributed by atoms with Gasteiger partial charge in [0.05, 0.1) is 0 Å². The Morgan fingerprint density at radius 2 is 2.29 bits per heavy atom. The van der Waals surface area contributed by atoms with Gasteiger partial charge in [0, 0.05) is 35.2 Å². The van der Waals surface area contributed by atoms with Gasteiger partial charge < -0.3 is 10.6 Å². The first-order chi connectivity index (χ1) is 8.18. The quantitative estimate of drug-likeness (QED) is 0.798. The molecule has 3 rings (SSSR count). The number of benzene rings is 1. The van der Waals surface area contributed by atoms with Gasteiger partial charge in [-0.25, -0.2) is 0 Å². The maximum atomic E-state index is 6.46. The Morgan fingerprint density at radius 3 is 3.12 bits per heavy atom. The van der Waals surface area contributed by atoms with Crippen molar-refractivity contribution < 1.29 is 0 Å². The number of hydrogen-bond acceptors (Lipinski definition) is 3. The number of hydrogen-bond donors (Lipinski definition) is 1. The second-order valence-corrected chi connectivity index (χ2v) is 7.00. The van der Waals surface area contributed by atoms with Crippen molar-refractivity contribution in [3.8, 4) is 0 Å². The zero-order valence-electron chi connectivity index (χ0n) is 9.90. The molecule has 0 radical (unpaired) electrons. The molecule has 0 bridgehead atoms. The van der Waals surface area contributed by atoms with Gasteiger partial charge in [0.2, 0.25) is 0 Å². The Hall–Kier alpha value is -0.190. The number of thioether (sulfide) groups is 1. The van der Waals surface area contributed by atoms with Crippen LogP contribution in [0.25, 0.3) is 0 Å². The van der Waals surface area contributed by atoms with Gasteiger partial charge in [-0.15, -0.1) is 0 Å². The maximum Gasteiger partial charge on any atom is 0.0426 e. The molecule has 3 atom stereocenters. The Balaban J connectivity index is 2.07. The van der Waals surface area contributed by atoms with Crippen molar-refractivity contribution in [1.29, 1.82) is 0 Å². The van der Waals surface area contributed by atoms with E-state index in [-0.39, 0.29) is 6.04 Å². The summed E-state index contributed by atoms with van der Waals surface area (Å²) in [5, 5.41) is 0. The molecular weight excluding hydrogens is 296 g/mol. The van der Waals surface area contributed by atoms with Crippen molar-refractivity contribution in [2.24, 2.45) is 11.7 Å². The van der Waals surface area contributed by atoms with Crippen LogP contribution in [0.15, 0.2) is 22.7 Å². The van der Waals surface area contributed by atoms with Crippen molar-refractivity contribution in [2.75, 3.05) is 23.5 Å². The van der Waals surface area contributed by atoms with Gasteiger partial charge >= 0.3 is 0 Å². The topological polar surface area (TPSA) is 29.3 Å². The summed E-state index contributed by atoms with van der Waals surface area (Å²) in [7, 11) is 2.21. The molecule has 0 amide bonds. The summed E-state index contributed by atoms with van der Waals surface area (Å²) in [4.78, 5) is 2.44. The Kier molecular flexibility index (Phi) is 3.13. The summed E-state index contributed by atoms with van der Waals surface area (Å²) >= 11 is 5.60. The van der Waals surface area contributed by atoms with Crippen LogP contribution in [0.2, 0.25) is 0 Å².